The number of ether oxygens (including phenoxy) is 2. The Morgan fingerprint density at radius 2 is 1.10 bits per heavy atom. The molecule has 0 spiro atoms. The molecule has 2 rings (SSSR count). The first-order valence-corrected chi connectivity index (χ1v) is 8.14. The van der Waals surface area contributed by atoms with Crippen molar-refractivity contribution in [2.45, 2.75) is 37.8 Å². The molecule has 0 amide bonds. The van der Waals surface area contributed by atoms with Crippen molar-refractivity contribution in [2.75, 3.05) is 0 Å². The number of alkyl halides is 6. The second-order valence-corrected chi connectivity index (χ2v) is 6.07. The molecule has 0 unspecified atom stereocenters. The van der Waals surface area contributed by atoms with E-state index in [-0.39, 0.29) is 11.1 Å². The molecule has 0 radical (unpaired) electrons. The van der Waals surface area contributed by atoms with Crippen LogP contribution in [0.2, 0.25) is 0 Å². The summed E-state index contributed by atoms with van der Waals surface area (Å²) in [6.07, 6.45) is -17.2. The van der Waals surface area contributed by atoms with Crippen LogP contribution in [0.5, 0.6) is 0 Å². The molecule has 0 heterocycles. The molecule has 0 fully saturated rings. The van der Waals surface area contributed by atoms with E-state index in [0.29, 0.717) is 10.8 Å². The number of fused-ring (bicyclic) bond motifs is 1. The predicted molar refractivity (Wildman–Crippen MR) is 87.7 cm³/mol. The van der Waals surface area contributed by atoms with Crippen molar-refractivity contribution in [3.8, 4) is 0 Å². The van der Waals surface area contributed by atoms with Gasteiger partial charge in [-0.2, -0.15) is 26.3 Å². The van der Waals surface area contributed by atoms with E-state index in [0.717, 1.165) is 0 Å². The van der Waals surface area contributed by atoms with E-state index in [1.165, 1.54) is 12.1 Å². The Bertz CT molecular complexity index is 849. The molecule has 2 atom stereocenters. The average Bonchev–Trinajstić information content (AvgIpc) is 2.67. The van der Waals surface area contributed by atoms with Crippen molar-refractivity contribution in [3.05, 3.63) is 47.5 Å². The van der Waals surface area contributed by atoms with Crippen LogP contribution in [-0.2, 0) is 32.3 Å². The van der Waals surface area contributed by atoms with Crippen molar-refractivity contribution >= 4 is 22.7 Å². The van der Waals surface area contributed by atoms with Gasteiger partial charge in [0.15, 0.2) is 0 Å². The summed E-state index contributed by atoms with van der Waals surface area (Å²) in [6.45, 7) is -1.57. The molecule has 12 heteroatoms. The van der Waals surface area contributed by atoms with Gasteiger partial charge in [0, 0.05) is 0 Å². The maximum absolute atomic E-state index is 12.4. The Morgan fingerprint density at radius 1 is 0.767 bits per heavy atom. The van der Waals surface area contributed by atoms with Crippen LogP contribution >= 0.6 is 0 Å². The Morgan fingerprint density at radius 3 is 1.40 bits per heavy atom. The third-order valence-electron chi connectivity index (χ3n) is 3.87. The van der Waals surface area contributed by atoms with Gasteiger partial charge in [-0.15, -0.1) is 0 Å². The lowest BCUT2D eigenvalue weighted by Gasteiger charge is -2.17. The fourth-order valence-electron chi connectivity index (χ4n) is 2.33. The topological polar surface area (TPSA) is 93.1 Å². The Kier molecular flexibility index (Phi) is 6.93. The molecule has 2 aromatic rings. The number of hydrogen-bond acceptors (Lipinski definition) is 6. The molecule has 6 nitrogen and oxygen atoms in total. The lowest BCUT2D eigenvalue weighted by atomic mass is 10.0. The molecule has 0 aliphatic rings. The molecule has 0 saturated carbocycles. The maximum Gasteiger partial charge on any atom is 0.425 e. The highest BCUT2D eigenvalue weighted by Gasteiger charge is 2.45. The molecule has 0 bridgehead atoms. The SMILES string of the molecule is O=C(OCc1cc2ccccc2cc1COC(=O)[C@H](O)C(F)(F)F)[C@H](O)C(F)(F)F. The number of esters is 2. The van der Waals surface area contributed by atoms with Crippen molar-refractivity contribution < 1.29 is 55.6 Å². The lowest BCUT2D eigenvalue weighted by molar-refractivity contribution is -0.220. The molecule has 0 saturated heterocycles. The third kappa shape index (κ3) is 5.83. The lowest BCUT2D eigenvalue weighted by Crippen LogP contribution is -2.38. The predicted octanol–water partition coefficient (Wildman–Crippen LogP) is 2.77. The van der Waals surface area contributed by atoms with Gasteiger partial charge < -0.3 is 19.7 Å². The van der Waals surface area contributed by atoms with Gasteiger partial charge >= 0.3 is 24.3 Å². The zero-order valence-corrected chi connectivity index (χ0v) is 14.8. The zero-order chi connectivity index (χ0) is 22.7. The van der Waals surface area contributed by atoms with Gasteiger partial charge in [0.2, 0.25) is 12.2 Å². The molecule has 2 N–H and O–H groups in total. The van der Waals surface area contributed by atoms with E-state index in [2.05, 4.69) is 9.47 Å². The van der Waals surface area contributed by atoms with Gasteiger partial charge in [0.1, 0.15) is 13.2 Å². The van der Waals surface area contributed by atoms with E-state index in [1.54, 1.807) is 24.3 Å². The molecule has 164 valence electrons. The van der Waals surface area contributed by atoms with Crippen molar-refractivity contribution in [3.63, 3.8) is 0 Å². The number of aliphatic hydroxyl groups is 2. The molecule has 2 aromatic carbocycles. The van der Waals surface area contributed by atoms with Crippen LogP contribution in [0.1, 0.15) is 11.1 Å². The van der Waals surface area contributed by atoms with E-state index in [4.69, 9.17) is 10.2 Å². The van der Waals surface area contributed by atoms with Crippen molar-refractivity contribution in [2.24, 2.45) is 0 Å². The Hall–Kier alpha value is -2.86. The second-order valence-electron chi connectivity index (χ2n) is 6.07. The van der Waals surface area contributed by atoms with Crippen molar-refractivity contribution in [1.82, 2.24) is 0 Å². The average molecular weight is 440 g/mol. The normalized spacial score (nSPS) is 14.3. The molecule has 0 aliphatic heterocycles. The third-order valence-corrected chi connectivity index (χ3v) is 3.87. The summed E-state index contributed by atoms with van der Waals surface area (Å²) in [4.78, 5) is 22.7. The molecular formula is C18H14F6O6. The second kappa shape index (κ2) is 8.88. The first-order valence-electron chi connectivity index (χ1n) is 8.14. The van der Waals surface area contributed by atoms with Crippen molar-refractivity contribution in [1.29, 1.82) is 0 Å². The minimum atomic E-state index is -5.24. The largest absolute Gasteiger partial charge is 0.459 e. The Labute approximate surface area is 164 Å². The summed E-state index contributed by atoms with van der Waals surface area (Å²) in [6, 6.07) is 9.20. The number of hydrogen-bond donors (Lipinski definition) is 2. The van der Waals surface area contributed by atoms with Crippen LogP contribution in [0.4, 0.5) is 26.3 Å². The van der Waals surface area contributed by atoms with Crippen LogP contribution in [0.25, 0.3) is 10.8 Å². The summed E-state index contributed by atoms with van der Waals surface area (Å²) in [5.74, 6) is -3.96. The van der Waals surface area contributed by atoms with Crippen LogP contribution in [0.15, 0.2) is 36.4 Å². The summed E-state index contributed by atoms with van der Waals surface area (Å²) < 4.78 is 83.1. The fraction of sp³-hybridized carbons (Fsp3) is 0.333. The monoisotopic (exact) mass is 440 g/mol. The van der Waals surface area contributed by atoms with E-state index < -0.39 is 49.7 Å². The van der Waals surface area contributed by atoms with E-state index in [9.17, 15) is 35.9 Å². The van der Waals surface area contributed by atoms with Crippen LogP contribution in [-0.4, -0.2) is 46.7 Å². The van der Waals surface area contributed by atoms with Gasteiger partial charge in [-0.1, -0.05) is 24.3 Å². The smallest absolute Gasteiger partial charge is 0.425 e. The number of aliphatic hydroxyl groups excluding tert-OH is 2. The molecular weight excluding hydrogens is 426 g/mol. The Balaban J connectivity index is 2.23. The highest BCUT2D eigenvalue weighted by Crippen LogP contribution is 2.25. The minimum Gasteiger partial charge on any atom is -0.459 e. The summed E-state index contributed by atoms with van der Waals surface area (Å²) in [5.41, 5.74) is 0.0384. The first-order chi connectivity index (χ1) is 13.8. The fourth-order valence-corrected chi connectivity index (χ4v) is 2.33. The van der Waals surface area contributed by atoms with Gasteiger partial charge in [-0.3, -0.25) is 0 Å². The summed E-state index contributed by atoms with van der Waals surface area (Å²) >= 11 is 0. The minimum absolute atomic E-state index is 0.0192. The number of carbonyl (C=O) groups excluding carboxylic acids is 2. The molecule has 0 aromatic heterocycles. The summed E-state index contributed by atoms with van der Waals surface area (Å²) in [5, 5.41) is 18.9. The van der Waals surface area contributed by atoms with Crippen LogP contribution < -0.4 is 0 Å². The zero-order valence-electron chi connectivity index (χ0n) is 14.8. The van der Waals surface area contributed by atoms with Gasteiger partial charge in [0.25, 0.3) is 0 Å². The van der Waals surface area contributed by atoms with Gasteiger partial charge in [0.05, 0.1) is 0 Å². The number of rotatable bonds is 6. The van der Waals surface area contributed by atoms with E-state index in [1.807, 2.05) is 0 Å². The number of halogens is 6. The molecule has 0 aliphatic carbocycles. The number of benzene rings is 2. The highest BCUT2D eigenvalue weighted by molar-refractivity contribution is 5.84. The van der Waals surface area contributed by atoms with Gasteiger partial charge in [-0.25, -0.2) is 9.59 Å². The van der Waals surface area contributed by atoms with E-state index >= 15 is 0 Å². The first kappa shape index (κ1) is 23.4. The number of carbonyl (C=O) groups is 2. The standard InChI is InChI=1S/C18H14F6O6/c19-17(20,21)13(25)15(27)29-7-11-5-9-3-1-2-4-10(9)6-12(11)8-30-16(28)14(26)18(22,23)24/h1-6,13-14,25-26H,7-8H2/t13-,14-/m0/s1. The van der Waals surface area contributed by atoms with Gasteiger partial charge in [-0.05, 0) is 34.0 Å². The summed E-state index contributed by atoms with van der Waals surface area (Å²) in [7, 11) is 0. The maximum atomic E-state index is 12.4. The highest BCUT2D eigenvalue weighted by atomic mass is 19.4. The van der Waals surface area contributed by atoms with Crippen LogP contribution in [0.3, 0.4) is 0 Å². The van der Waals surface area contributed by atoms with Crippen LogP contribution in [0, 0.1) is 0 Å². The quantitative estimate of drug-likeness (QED) is 0.530. The molecule has 30 heavy (non-hydrogen) atoms.